The molecule has 0 spiro atoms. The molecule has 1 amide bonds. The van der Waals surface area contributed by atoms with E-state index in [-0.39, 0.29) is 5.91 Å². The molecule has 2 heterocycles. The minimum atomic E-state index is 0.191. The summed E-state index contributed by atoms with van der Waals surface area (Å²) in [6.45, 7) is 8.08. The van der Waals surface area contributed by atoms with E-state index in [9.17, 15) is 4.79 Å². The summed E-state index contributed by atoms with van der Waals surface area (Å²) in [5.41, 5.74) is 4.95. The van der Waals surface area contributed by atoms with Gasteiger partial charge in [-0.3, -0.25) is 9.69 Å². The second kappa shape index (κ2) is 9.01. The van der Waals surface area contributed by atoms with Crippen molar-refractivity contribution in [3.05, 3.63) is 65.2 Å². The average Bonchev–Trinajstić information content (AvgIpc) is 2.84. The molecule has 31 heavy (non-hydrogen) atoms. The van der Waals surface area contributed by atoms with Gasteiger partial charge in [0.2, 0.25) is 0 Å². The summed E-state index contributed by atoms with van der Waals surface area (Å²) in [7, 11) is 2.22. The quantitative estimate of drug-likeness (QED) is 0.767. The molecule has 2 aliphatic heterocycles. The van der Waals surface area contributed by atoms with Crippen LogP contribution in [-0.2, 0) is 12.8 Å². The molecule has 0 N–H and O–H groups in total. The Morgan fingerprint density at radius 3 is 2.32 bits per heavy atom. The molecule has 1 atom stereocenters. The first-order chi connectivity index (χ1) is 15.2. The molecule has 2 fully saturated rings. The van der Waals surface area contributed by atoms with E-state index in [1.165, 1.54) is 49.4 Å². The Labute approximate surface area is 186 Å². The monoisotopic (exact) mass is 418 g/mol. The normalized spacial score (nSPS) is 22.9. The summed E-state index contributed by atoms with van der Waals surface area (Å²) >= 11 is 0. The third kappa shape index (κ3) is 4.48. The first-order valence-corrected chi connectivity index (χ1v) is 11.8. The Hall–Kier alpha value is -2.37. The number of hydrogen-bond donors (Lipinski definition) is 0. The average molecular weight is 419 g/mol. The number of anilines is 1. The zero-order chi connectivity index (χ0) is 21.2. The van der Waals surface area contributed by atoms with Crippen LogP contribution in [0.25, 0.3) is 0 Å². The number of nitrogens with zero attached hydrogens (tertiary/aromatic N) is 4. The zero-order valence-corrected chi connectivity index (χ0v) is 18.7. The topological polar surface area (TPSA) is 30.0 Å². The van der Waals surface area contributed by atoms with Gasteiger partial charge >= 0.3 is 0 Å². The Morgan fingerprint density at radius 1 is 0.839 bits per heavy atom. The van der Waals surface area contributed by atoms with E-state index in [0.717, 1.165) is 44.6 Å². The fourth-order valence-electron chi connectivity index (χ4n) is 5.36. The summed E-state index contributed by atoms with van der Waals surface area (Å²) in [6, 6.07) is 17.6. The van der Waals surface area contributed by atoms with E-state index in [2.05, 4.69) is 64.2 Å². The molecule has 2 aromatic rings. The van der Waals surface area contributed by atoms with Gasteiger partial charge in [-0.05, 0) is 61.7 Å². The third-order valence-electron chi connectivity index (χ3n) is 7.40. The molecular formula is C26H34N4O. The highest BCUT2D eigenvalue weighted by molar-refractivity contribution is 5.94. The van der Waals surface area contributed by atoms with Crippen LogP contribution in [0.4, 0.5) is 5.69 Å². The Morgan fingerprint density at radius 2 is 1.58 bits per heavy atom. The summed E-state index contributed by atoms with van der Waals surface area (Å²) < 4.78 is 0. The van der Waals surface area contributed by atoms with Gasteiger partial charge in [0, 0.05) is 69.7 Å². The van der Waals surface area contributed by atoms with Crippen molar-refractivity contribution in [2.24, 2.45) is 0 Å². The number of hydrogen-bond acceptors (Lipinski definition) is 4. The standard InChI is InChI=1S/C26H34N4O/c1-27-11-13-29(14-12-27)25-10-9-21-19-23(8-7-22(21)20-25)26(31)30-17-15-28(16-18-30)24-5-3-2-4-6-24/h2-8,19,25H,9-18,20H2,1H3/t25-/m0/s1. The van der Waals surface area contributed by atoms with Crippen LogP contribution in [0, 0.1) is 0 Å². The number of amides is 1. The van der Waals surface area contributed by atoms with Gasteiger partial charge in [-0.15, -0.1) is 0 Å². The van der Waals surface area contributed by atoms with Crippen molar-refractivity contribution in [3.8, 4) is 0 Å². The molecule has 3 aliphatic rings. The van der Waals surface area contributed by atoms with E-state index in [4.69, 9.17) is 0 Å². The number of likely N-dealkylation sites (N-methyl/N-ethyl adjacent to an activating group) is 1. The smallest absolute Gasteiger partial charge is 0.253 e. The highest BCUT2D eigenvalue weighted by Gasteiger charge is 2.28. The maximum atomic E-state index is 13.2. The Bertz CT molecular complexity index is 899. The van der Waals surface area contributed by atoms with Crippen molar-refractivity contribution in [3.63, 3.8) is 0 Å². The van der Waals surface area contributed by atoms with Crippen LogP contribution in [0.1, 0.15) is 27.9 Å². The molecule has 2 aromatic carbocycles. The fourth-order valence-corrected chi connectivity index (χ4v) is 5.36. The lowest BCUT2D eigenvalue weighted by Gasteiger charge is -2.40. The molecule has 0 radical (unpaired) electrons. The summed E-state index contributed by atoms with van der Waals surface area (Å²) in [4.78, 5) is 22.7. The maximum absolute atomic E-state index is 13.2. The van der Waals surface area contributed by atoms with Crippen molar-refractivity contribution in [2.45, 2.75) is 25.3 Å². The first kappa shape index (κ1) is 20.5. The van der Waals surface area contributed by atoms with Gasteiger partial charge in [-0.1, -0.05) is 24.3 Å². The maximum Gasteiger partial charge on any atom is 0.253 e. The predicted octanol–water partition coefficient (Wildman–Crippen LogP) is 2.75. The highest BCUT2D eigenvalue weighted by atomic mass is 16.2. The van der Waals surface area contributed by atoms with Gasteiger partial charge in [-0.25, -0.2) is 0 Å². The molecule has 164 valence electrons. The van der Waals surface area contributed by atoms with Gasteiger partial charge in [0.05, 0.1) is 0 Å². The Balaban J connectivity index is 1.20. The lowest BCUT2D eigenvalue weighted by Crippen LogP contribution is -2.50. The van der Waals surface area contributed by atoms with Gasteiger partial charge in [0.15, 0.2) is 0 Å². The number of fused-ring (bicyclic) bond motifs is 1. The van der Waals surface area contributed by atoms with E-state index in [1.807, 2.05) is 11.0 Å². The summed E-state index contributed by atoms with van der Waals surface area (Å²) in [5.74, 6) is 0.191. The molecule has 2 saturated heterocycles. The van der Waals surface area contributed by atoms with Gasteiger partial charge in [-0.2, -0.15) is 0 Å². The minimum Gasteiger partial charge on any atom is -0.368 e. The SMILES string of the molecule is CN1CCN([C@H]2CCc3cc(C(=O)N4CCN(c5ccccc5)CC4)ccc3C2)CC1. The number of rotatable bonds is 3. The number of piperazine rings is 2. The number of aryl methyl sites for hydroxylation is 1. The van der Waals surface area contributed by atoms with Crippen molar-refractivity contribution >= 4 is 11.6 Å². The van der Waals surface area contributed by atoms with E-state index >= 15 is 0 Å². The molecule has 1 aliphatic carbocycles. The van der Waals surface area contributed by atoms with Crippen LogP contribution in [0.2, 0.25) is 0 Å². The molecule has 0 aromatic heterocycles. The van der Waals surface area contributed by atoms with Gasteiger partial charge in [0.25, 0.3) is 5.91 Å². The number of carbonyl (C=O) groups is 1. The predicted molar refractivity (Wildman–Crippen MR) is 126 cm³/mol. The van der Waals surface area contributed by atoms with Gasteiger partial charge < -0.3 is 14.7 Å². The van der Waals surface area contributed by atoms with Crippen molar-refractivity contribution in [1.82, 2.24) is 14.7 Å². The molecule has 0 unspecified atom stereocenters. The molecular weight excluding hydrogens is 384 g/mol. The van der Waals surface area contributed by atoms with Crippen molar-refractivity contribution in [2.75, 3.05) is 64.3 Å². The second-order valence-corrected chi connectivity index (χ2v) is 9.33. The molecule has 5 rings (SSSR count). The van der Waals surface area contributed by atoms with Gasteiger partial charge in [0.1, 0.15) is 0 Å². The largest absolute Gasteiger partial charge is 0.368 e. The first-order valence-electron chi connectivity index (χ1n) is 11.8. The van der Waals surface area contributed by atoms with Crippen LogP contribution < -0.4 is 4.90 Å². The second-order valence-electron chi connectivity index (χ2n) is 9.33. The number of carbonyl (C=O) groups excluding carboxylic acids is 1. The van der Waals surface area contributed by atoms with Crippen LogP contribution in [0.15, 0.2) is 48.5 Å². The van der Waals surface area contributed by atoms with E-state index < -0.39 is 0 Å². The Kier molecular flexibility index (Phi) is 5.97. The molecule has 5 nitrogen and oxygen atoms in total. The molecule has 0 saturated carbocycles. The lowest BCUT2D eigenvalue weighted by atomic mass is 9.86. The molecule has 0 bridgehead atoms. The highest BCUT2D eigenvalue weighted by Crippen LogP contribution is 2.27. The fraction of sp³-hybridized carbons (Fsp3) is 0.500. The van der Waals surface area contributed by atoms with Crippen LogP contribution in [0.5, 0.6) is 0 Å². The van der Waals surface area contributed by atoms with E-state index in [1.54, 1.807) is 0 Å². The number of benzene rings is 2. The summed E-state index contributed by atoms with van der Waals surface area (Å²) in [5, 5.41) is 0. The minimum absolute atomic E-state index is 0.191. The van der Waals surface area contributed by atoms with Crippen molar-refractivity contribution in [1.29, 1.82) is 0 Å². The molecule has 5 heteroatoms. The lowest BCUT2D eigenvalue weighted by molar-refractivity contribution is 0.0746. The van der Waals surface area contributed by atoms with Crippen LogP contribution in [-0.4, -0.2) is 86.1 Å². The van der Waals surface area contributed by atoms with Crippen LogP contribution >= 0.6 is 0 Å². The van der Waals surface area contributed by atoms with Crippen LogP contribution in [0.3, 0.4) is 0 Å². The van der Waals surface area contributed by atoms with Crippen molar-refractivity contribution < 1.29 is 4.79 Å². The third-order valence-corrected chi connectivity index (χ3v) is 7.40. The number of para-hydroxylation sites is 1. The zero-order valence-electron chi connectivity index (χ0n) is 18.7. The van der Waals surface area contributed by atoms with E-state index in [0.29, 0.717) is 6.04 Å². The summed E-state index contributed by atoms with van der Waals surface area (Å²) in [6.07, 6.45) is 3.43.